The molecule has 0 saturated heterocycles. The normalized spacial score (nSPS) is 22.0. The molecule has 0 spiro atoms. The Kier molecular flexibility index (Phi) is 7.93. The Bertz CT molecular complexity index is 657. The van der Waals surface area contributed by atoms with Gasteiger partial charge in [-0.3, -0.25) is 9.89 Å². The molecule has 8 nitrogen and oxygen atoms in total. The van der Waals surface area contributed by atoms with Crippen molar-refractivity contribution in [2.45, 2.75) is 63.8 Å². The van der Waals surface area contributed by atoms with Crippen molar-refractivity contribution in [1.82, 2.24) is 30.3 Å². The maximum Gasteiger partial charge on any atom is 0.191 e. The standard InChI is InChI=1S/C19H33N7O.HI/c1-20-19(21-9-10-25(16-6-7-16)11-14-3-4-14)22-15-5-8-18-23-17(13-27-2)24-26(18)12-15;/h14-16H,3-13H2,1-2H3,(H2,20,21,22);1H. The molecule has 9 heteroatoms. The zero-order chi connectivity index (χ0) is 18.6. The molecule has 1 aromatic heterocycles. The van der Waals surface area contributed by atoms with Crippen LogP contribution in [0.3, 0.4) is 0 Å². The van der Waals surface area contributed by atoms with Crippen LogP contribution in [0.25, 0.3) is 0 Å². The highest BCUT2D eigenvalue weighted by Gasteiger charge is 2.33. The largest absolute Gasteiger partial charge is 0.377 e. The zero-order valence-electron chi connectivity index (χ0n) is 17.1. The molecule has 2 N–H and O–H groups in total. The number of methoxy groups -OCH3 is 1. The summed E-state index contributed by atoms with van der Waals surface area (Å²) in [6.07, 6.45) is 7.60. The minimum Gasteiger partial charge on any atom is -0.377 e. The molecule has 2 fully saturated rings. The molecule has 1 unspecified atom stereocenters. The SMILES string of the molecule is CN=C(NCCN(CC1CC1)C1CC1)NC1CCc2nc(COC)nn2C1.I. The molecule has 2 heterocycles. The smallest absolute Gasteiger partial charge is 0.191 e. The van der Waals surface area contributed by atoms with Crippen LogP contribution in [-0.4, -0.2) is 71.5 Å². The van der Waals surface area contributed by atoms with Crippen LogP contribution >= 0.6 is 24.0 Å². The van der Waals surface area contributed by atoms with Crippen LogP contribution in [-0.2, 0) is 24.3 Å². The second-order valence-corrected chi connectivity index (χ2v) is 8.11. The summed E-state index contributed by atoms with van der Waals surface area (Å²) in [6, 6.07) is 1.17. The lowest BCUT2D eigenvalue weighted by Crippen LogP contribution is -2.48. The minimum absolute atomic E-state index is 0. The lowest BCUT2D eigenvalue weighted by molar-refractivity contribution is 0.177. The molecule has 28 heavy (non-hydrogen) atoms. The van der Waals surface area contributed by atoms with Gasteiger partial charge in [-0.25, -0.2) is 9.67 Å². The maximum atomic E-state index is 5.14. The van der Waals surface area contributed by atoms with Gasteiger partial charge >= 0.3 is 0 Å². The molecule has 1 aromatic rings. The van der Waals surface area contributed by atoms with Gasteiger partial charge in [0.2, 0.25) is 0 Å². The van der Waals surface area contributed by atoms with E-state index in [0.29, 0.717) is 12.6 Å². The van der Waals surface area contributed by atoms with E-state index in [1.165, 1.54) is 32.2 Å². The van der Waals surface area contributed by atoms with Crippen LogP contribution < -0.4 is 10.6 Å². The van der Waals surface area contributed by atoms with Crippen molar-refractivity contribution in [3.63, 3.8) is 0 Å². The monoisotopic (exact) mass is 503 g/mol. The molecular weight excluding hydrogens is 469 g/mol. The Morgan fingerprint density at radius 2 is 2.11 bits per heavy atom. The van der Waals surface area contributed by atoms with Crippen molar-refractivity contribution < 1.29 is 4.74 Å². The summed E-state index contributed by atoms with van der Waals surface area (Å²) in [7, 11) is 3.52. The Labute approximate surface area is 184 Å². The Hall–Kier alpha value is -0.940. The summed E-state index contributed by atoms with van der Waals surface area (Å²) in [4.78, 5) is 11.6. The van der Waals surface area contributed by atoms with Crippen LogP contribution in [0.2, 0.25) is 0 Å². The van der Waals surface area contributed by atoms with Crippen molar-refractivity contribution in [2.24, 2.45) is 10.9 Å². The number of fused-ring (bicyclic) bond motifs is 1. The van der Waals surface area contributed by atoms with Gasteiger partial charge in [0.1, 0.15) is 12.4 Å². The van der Waals surface area contributed by atoms with Gasteiger partial charge in [0.25, 0.3) is 0 Å². The molecule has 158 valence electrons. The van der Waals surface area contributed by atoms with Crippen LogP contribution in [0.4, 0.5) is 0 Å². The first-order valence-electron chi connectivity index (χ1n) is 10.4. The summed E-state index contributed by atoms with van der Waals surface area (Å²) in [5.41, 5.74) is 0. The number of hydrogen-bond acceptors (Lipinski definition) is 5. The fourth-order valence-corrected chi connectivity index (χ4v) is 3.87. The molecule has 2 saturated carbocycles. The van der Waals surface area contributed by atoms with E-state index < -0.39 is 0 Å². The summed E-state index contributed by atoms with van der Waals surface area (Å²) in [6.45, 7) is 4.64. The molecule has 1 atom stereocenters. The molecule has 2 aliphatic carbocycles. The number of nitrogens with zero attached hydrogens (tertiary/aromatic N) is 5. The van der Waals surface area contributed by atoms with E-state index in [0.717, 1.165) is 62.0 Å². The summed E-state index contributed by atoms with van der Waals surface area (Å²) in [5.74, 6) is 3.68. The molecule has 0 radical (unpaired) electrons. The molecular formula is C19H34IN7O. The highest BCUT2D eigenvalue weighted by molar-refractivity contribution is 14.0. The first-order chi connectivity index (χ1) is 13.2. The van der Waals surface area contributed by atoms with Gasteiger partial charge in [-0.05, 0) is 38.0 Å². The number of hydrogen-bond donors (Lipinski definition) is 2. The second kappa shape index (κ2) is 10.2. The quantitative estimate of drug-likeness (QED) is 0.302. The van der Waals surface area contributed by atoms with E-state index in [1.54, 1.807) is 7.11 Å². The maximum absolute atomic E-state index is 5.14. The third kappa shape index (κ3) is 6.03. The molecule has 0 amide bonds. The zero-order valence-corrected chi connectivity index (χ0v) is 19.4. The molecule has 0 aromatic carbocycles. The number of aliphatic imine (C=N–C) groups is 1. The van der Waals surface area contributed by atoms with Crippen molar-refractivity contribution in [2.75, 3.05) is 33.8 Å². The molecule has 1 aliphatic heterocycles. The Morgan fingerprint density at radius 1 is 1.29 bits per heavy atom. The highest BCUT2D eigenvalue weighted by Crippen LogP contribution is 2.34. The van der Waals surface area contributed by atoms with Gasteiger partial charge in [-0.1, -0.05) is 0 Å². The lowest BCUT2D eigenvalue weighted by atomic mass is 10.1. The van der Waals surface area contributed by atoms with Gasteiger partial charge in [-0.15, -0.1) is 24.0 Å². The average molecular weight is 503 g/mol. The van der Waals surface area contributed by atoms with E-state index in [4.69, 9.17) is 4.74 Å². The summed E-state index contributed by atoms with van der Waals surface area (Å²) in [5, 5.41) is 11.6. The third-order valence-electron chi connectivity index (χ3n) is 5.68. The Balaban J connectivity index is 0.00000225. The van der Waals surface area contributed by atoms with Gasteiger partial charge in [0.05, 0.1) is 6.54 Å². The van der Waals surface area contributed by atoms with E-state index in [9.17, 15) is 0 Å². The molecule has 3 aliphatic rings. The first-order valence-corrected chi connectivity index (χ1v) is 10.4. The van der Waals surface area contributed by atoms with Crippen LogP contribution in [0.5, 0.6) is 0 Å². The summed E-state index contributed by atoms with van der Waals surface area (Å²) >= 11 is 0. The fraction of sp³-hybridized carbons (Fsp3) is 0.842. The topological polar surface area (TPSA) is 79.6 Å². The fourth-order valence-electron chi connectivity index (χ4n) is 3.87. The number of ether oxygens (including phenoxy) is 1. The highest BCUT2D eigenvalue weighted by atomic mass is 127. The van der Waals surface area contributed by atoms with Gasteiger partial charge in [0.15, 0.2) is 11.8 Å². The van der Waals surface area contributed by atoms with E-state index >= 15 is 0 Å². The van der Waals surface area contributed by atoms with Crippen LogP contribution in [0.15, 0.2) is 4.99 Å². The number of rotatable bonds is 9. The van der Waals surface area contributed by atoms with Crippen molar-refractivity contribution in [3.05, 3.63) is 11.6 Å². The number of aromatic nitrogens is 3. The molecule has 4 rings (SSSR count). The Morgan fingerprint density at radius 3 is 2.79 bits per heavy atom. The lowest BCUT2D eigenvalue weighted by Gasteiger charge is -2.26. The van der Waals surface area contributed by atoms with Crippen molar-refractivity contribution in [3.8, 4) is 0 Å². The molecule has 0 bridgehead atoms. The second-order valence-electron chi connectivity index (χ2n) is 8.11. The predicted molar refractivity (Wildman–Crippen MR) is 120 cm³/mol. The number of nitrogens with one attached hydrogen (secondary N) is 2. The van der Waals surface area contributed by atoms with E-state index in [-0.39, 0.29) is 24.0 Å². The van der Waals surface area contributed by atoms with E-state index in [2.05, 4.69) is 30.6 Å². The summed E-state index contributed by atoms with van der Waals surface area (Å²) < 4.78 is 7.15. The predicted octanol–water partition coefficient (Wildman–Crippen LogP) is 1.40. The van der Waals surface area contributed by atoms with Gasteiger partial charge in [0, 0.05) is 52.3 Å². The van der Waals surface area contributed by atoms with Crippen molar-refractivity contribution >= 4 is 29.9 Å². The van der Waals surface area contributed by atoms with Crippen LogP contribution in [0.1, 0.15) is 43.8 Å². The van der Waals surface area contributed by atoms with Crippen molar-refractivity contribution in [1.29, 1.82) is 0 Å². The van der Waals surface area contributed by atoms with E-state index in [1.807, 2.05) is 11.7 Å². The number of guanidine groups is 1. The van der Waals surface area contributed by atoms with Gasteiger partial charge < -0.3 is 15.4 Å². The average Bonchev–Trinajstić information content (AvgIpc) is 3.58. The number of halogens is 1. The number of aryl methyl sites for hydroxylation is 1. The first kappa shape index (κ1) is 21.8. The van der Waals surface area contributed by atoms with Gasteiger partial charge in [-0.2, -0.15) is 5.10 Å². The third-order valence-corrected chi connectivity index (χ3v) is 5.68. The minimum atomic E-state index is 0. The van der Waals surface area contributed by atoms with Crippen LogP contribution in [0, 0.1) is 5.92 Å².